The standard InChI is InChI=1S/C25H24N6O3/c32-24(19-7-6-17-8-9-26-20(17)14-19)29-10-12-30(13-11-29)25(33)23-21-16-34-22(15-31(21)28-27-23)18-4-2-1-3-5-18/h1-9,14,22,26H,10-13,15-16H2/t22-/m0/s1. The summed E-state index contributed by atoms with van der Waals surface area (Å²) >= 11 is 0. The number of fused-ring (bicyclic) bond motifs is 2. The number of nitrogens with zero attached hydrogens (tertiary/aromatic N) is 5. The zero-order valence-corrected chi connectivity index (χ0v) is 18.6. The highest BCUT2D eigenvalue weighted by atomic mass is 16.5. The molecule has 4 aromatic rings. The predicted octanol–water partition coefficient (Wildman–Crippen LogP) is 2.63. The Labute approximate surface area is 195 Å². The van der Waals surface area contributed by atoms with E-state index in [4.69, 9.17) is 4.74 Å². The highest BCUT2D eigenvalue weighted by molar-refractivity contribution is 5.98. The summed E-state index contributed by atoms with van der Waals surface area (Å²) in [6.45, 7) is 2.66. The molecule has 1 saturated heterocycles. The third-order valence-corrected chi connectivity index (χ3v) is 6.63. The van der Waals surface area contributed by atoms with Crippen molar-refractivity contribution < 1.29 is 14.3 Å². The molecule has 2 aromatic carbocycles. The molecular weight excluding hydrogens is 432 g/mol. The Hall–Kier alpha value is -3.98. The molecule has 0 bridgehead atoms. The zero-order valence-electron chi connectivity index (χ0n) is 18.6. The molecule has 9 heteroatoms. The van der Waals surface area contributed by atoms with E-state index in [-0.39, 0.29) is 24.5 Å². The van der Waals surface area contributed by atoms with E-state index < -0.39 is 0 Å². The van der Waals surface area contributed by atoms with E-state index in [1.165, 1.54) is 0 Å². The molecule has 4 heterocycles. The SMILES string of the molecule is O=C(c1ccc2cc[nH]c2c1)N1CCN(C(=O)c2nnn3c2CO[C@H](c2ccccc2)C3)CC1. The number of carbonyl (C=O) groups is 2. The van der Waals surface area contributed by atoms with E-state index >= 15 is 0 Å². The average Bonchev–Trinajstić information content (AvgIpc) is 3.54. The van der Waals surface area contributed by atoms with Crippen molar-refractivity contribution >= 4 is 22.7 Å². The molecule has 2 aliphatic rings. The summed E-state index contributed by atoms with van der Waals surface area (Å²) in [5.74, 6) is -0.187. The maximum absolute atomic E-state index is 13.2. The van der Waals surface area contributed by atoms with E-state index in [1.54, 1.807) is 14.5 Å². The molecule has 0 unspecified atom stereocenters. The summed E-state index contributed by atoms with van der Waals surface area (Å²) < 4.78 is 7.79. The minimum atomic E-state index is -0.164. The zero-order chi connectivity index (χ0) is 23.1. The fourth-order valence-corrected chi connectivity index (χ4v) is 4.67. The van der Waals surface area contributed by atoms with Crippen LogP contribution in [0.1, 0.15) is 38.2 Å². The number of nitrogens with one attached hydrogen (secondary N) is 1. The molecule has 1 fully saturated rings. The monoisotopic (exact) mass is 456 g/mol. The Morgan fingerprint density at radius 1 is 0.941 bits per heavy atom. The number of ether oxygens (including phenoxy) is 1. The first kappa shape index (κ1) is 20.6. The number of aromatic nitrogens is 4. The quantitative estimate of drug-likeness (QED) is 0.511. The molecule has 2 aliphatic heterocycles. The Kier molecular flexibility index (Phi) is 5.10. The van der Waals surface area contributed by atoms with Crippen LogP contribution in [-0.2, 0) is 17.9 Å². The number of hydrogen-bond donors (Lipinski definition) is 1. The van der Waals surface area contributed by atoms with Gasteiger partial charge in [-0.15, -0.1) is 5.10 Å². The molecule has 1 atom stereocenters. The van der Waals surface area contributed by atoms with Gasteiger partial charge in [0.15, 0.2) is 5.69 Å². The molecule has 2 aromatic heterocycles. The van der Waals surface area contributed by atoms with Crippen LogP contribution in [0.4, 0.5) is 0 Å². The molecule has 172 valence electrons. The number of piperazine rings is 1. The molecule has 0 saturated carbocycles. The van der Waals surface area contributed by atoms with Gasteiger partial charge in [0.1, 0.15) is 6.10 Å². The van der Waals surface area contributed by atoms with Gasteiger partial charge in [-0.25, -0.2) is 4.68 Å². The van der Waals surface area contributed by atoms with Gasteiger partial charge in [-0.1, -0.05) is 41.6 Å². The topological polar surface area (TPSA) is 96.4 Å². The normalized spacial score (nSPS) is 18.2. The summed E-state index contributed by atoms with van der Waals surface area (Å²) in [7, 11) is 0. The van der Waals surface area contributed by atoms with Crippen molar-refractivity contribution in [3.8, 4) is 0 Å². The average molecular weight is 457 g/mol. The molecular formula is C25H24N6O3. The van der Waals surface area contributed by atoms with Gasteiger partial charge < -0.3 is 19.5 Å². The fourth-order valence-electron chi connectivity index (χ4n) is 4.67. The third-order valence-electron chi connectivity index (χ3n) is 6.63. The number of rotatable bonds is 3. The Morgan fingerprint density at radius 3 is 2.50 bits per heavy atom. The van der Waals surface area contributed by atoms with Crippen LogP contribution in [-0.4, -0.2) is 67.8 Å². The van der Waals surface area contributed by atoms with Crippen molar-refractivity contribution in [2.45, 2.75) is 19.3 Å². The van der Waals surface area contributed by atoms with Crippen LogP contribution in [0.5, 0.6) is 0 Å². The van der Waals surface area contributed by atoms with Crippen molar-refractivity contribution in [3.05, 3.63) is 83.3 Å². The number of hydrogen-bond acceptors (Lipinski definition) is 5. The Morgan fingerprint density at radius 2 is 1.71 bits per heavy atom. The van der Waals surface area contributed by atoms with Crippen molar-refractivity contribution in [1.82, 2.24) is 29.8 Å². The van der Waals surface area contributed by atoms with E-state index in [9.17, 15) is 9.59 Å². The lowest BCUT2D eigenvalue weighted by atomic mass is 10.1. The minimum Gasteiger partial charge on any atom is -0.365 e. The minimum absolute atomic E-state index is 0.0232. The van der Waals surface area contributed by atoms with Crippen LogP contribution in [0, 0.1) is 0 Å². The van der Waals surface area contributed by atoms with Gasteiger partial charge in [-0.3, -0.25) is 9.59 Å². The Bertz CT molecular complexity index is 1350. The maximum atomic E-state index is 13.2. The second kappa shape index (κ2) is 8.42. The first-order valence-corrected chi connectivity index (χ1v) is 11.4. The molecule has 1 N–H and O–H groups in total. The fraction of sp³-hybridized carbons (Fsp3) is 0.280. The van der Waals surface area contributed by atoms with Crippen LogP contribution in [0.2, 0.25) is 0 Å². The molecule has 0 spiro atoms. The first-order valence-electron chi connectivity index (χ1n) is 11.4. The number of carbonyl (C=O) groups excluding carboxylic acids is 2. The lowest BCUT2D eigenvalue weighted by molar-refractivity contribution is -0.00202. The van der Waals surface area contributed by atoms with Gasteiger partial charge in [-0.05, 0) is 29.1 Å². The van der Waals surface area contributed by atoms with E-state index in [0.29, 0.717) is 49.7 Å². The maximum Gasteiger partial charge on any atom is 0.276 e. The smallest absolute Gasteiger partial charge is 0.276 e. The second-order valence-corrected chi connectivity index (χ2v) is 8.64. The van der Waals surface area contributed by atoms with Gasteiger partial charge >= 0.3 is 0 Å². The molecule has 6 rings (SSSR count). The third kappa shape index (κ3) is 3.63. The van der Waals surface area contributed by atoms with Crippen molar-refractivity contribution in [1.29, 1.82) is 0 Å². The van der Waals surface area contributed by atoms with Gasteiger partial charge in [0.05, 0.1) is 18.8 Å². The van der Waals surface area contributed by atoms with E-state index in [2.05, 4.69) is 15.3 Å². The predicted molar refractivity (Wildman–Crippen MR) is 124 cm³/mol. The lowest BCUT2D eigenvalue weighted by Crippen LogP contribution is -2.50. The first-order chi connectivity index (χ1) is 16.7. The van der Waals surface area contributed by atoms with Crippen LogP contribution in [0.3, 0.4) is 0 Å². The molecule has 34 heavy (non-hydrogen) atoms. The summed E-state index contributed by atoms with van der Waals surface area (Å²) in [5.41, 5.74) is 3.70. The van der Waals surface area contributed by atoms with Crippen LogP contribution in [0.15, 0.2) is 60.8 Å². The van der Waals surface area contributed by atoms with Crippen LogP contribution >= 0.6 is 0 Å². The van der Waals surface area contributed by atoms with Gasteiger partial charge in [0, 0.05) is 43.5 Å². The number of aromatic amines is 1. The molecule has 9 nitrogen and oxygen atoms in total. The van der Waals surface area contributed by atoms with E-state index in [0.717, 1.165) is 16.5 Å². The molecule has 2 amide bonds. The van der Waals surface area contributed by atoms with Crippen LogP contribution < -0.4 is 0 Å². The largest absolute Gasteiger partial charge is 0.365 e. The number of benzene rings is 2. The Balaban J connectivity index is 1.11. The highest BCUT2D eigenvalue weighted by Crippen LogP contribution is 2.27. The number of amides is 2. The second-order valence-electron chi connectivity index (χ2n) is 8.64. The van der Waals surface area contributed by atoms with Crippen molar-refractivity contribution in [2.24, 2.45) is 0 Å². The van der Waals surface area contributed by atoms with Crippen LogP contribution in [0.25, 0.3) is 10.9 Å². The highest BCUT2D eigenvalue weighted by Gasteiger charge is 2.32. The molecule has 0 radical (unpaired) electrons. The van der Waals surface area contributed by atoms with Gasteiger partial charge in [0.25, 0.3) is 11.8 Å². The summed E-state index contributed by atoms with van der Waals surface area (Å²) in [6.07, 6.45) is 1.75. The summed E-state index contributed by atoms with van der Waals surface area (Å²) in [5, 5.41) is 9.48. The summed E-state index contributed by atoms with van der Waals surface area (Å²) in [6, 6.07) is 17.6. The van der Waals surface area contributed by atoms with Crippen molar-refractivity contribution in [3.63, 3.8) is 0 Å². The number of H-pyrrole nitrogens is 1. The van der Waals surface area contributed by atoms with E-state index in [1.807, 2.05) is 60.8 Å². The van der Waals surface area contributed by atoms with Gasteiger partial charge in [-0.2, -0.15) is 0 Å². The summed E-state index contributed by atoms with van der Waals surface area (Å²) in [4.78, 5) is 32.9. The van der Waals surface area contributed by atoms with Gasteiger partial charge in [0.2, 0.25) is 0 Å². The lowest BCUT2D eigenvalue weighted by Gasteiger charge is -2.34. The molecule has 0 aliphatic carbocycles. The van der Waals surface area contributed by atoms with Crippen molar-refractivity contribution in [2.75, 3.05) is 26.2 Å².